The van der Waals surface area contributed by atoms with E-state index in [4.69, 9.17) is 9.47 Å². The van der Waals surface area contributed by atoms with Crippen LogP contribution in [-0.4, -0.2) is 50.8 Å². The number of likely N-dealkylation sites (tertiary alicyclic amines) is 1. The Kier molecular flexibility index (Phi) is 6.35. The van der Waals surface area contributed by atoms with Crippen molar-refractivity contribution in [3.05, 3.63) is 65.7 Å². The fourth-order valence-corrected chi connectivity index (χ4v) is 4.23. The average Bonchev–Trinajstić information content (AvgIpc) is 3.41. The van der Waals surface area contributed by atoms with Gasteiger partial charge in [0, 0.05) is 38.7 Å². The highest BCUT2D eigenvalue weighted by Gasteiger charge is 2.42. The molecule has 29 heavy (non-hydrogen) atoms. The Labute approximate surface area is 173 Å². The first-order valence-corrected chi connectivity index (χ1v) is 10.6. The Morgan fingerprint density at radius 1 is 1.10 bits per heavy atom. The molecule has 2 saturated heterocycles. The molecule has 2 aliphatic rings. The van der Waals surface area contributed by atoms with Gasteiger partial charge in [-0.2, -0.15) is 0 Å². The number of hydrogen-bond acceptors (Lipinski definition) is 3. The molecule has 1 unspecified atom stereocenters. The number of hydrogen-bond donors (Lipinski definition) is 1. The Hall–Kier alpha value is -2.53. The second-order valence-corrected chi connectivity index (χ2v) is 8.12. The summed E-state index contributed by atoms with van der Waals surface area (Å²) >= 11 is 0. The minimum atomic E-state index is 0.354. The SMILES string of the molecule is CN=C(NCCc1ccc(OCc2ccccc2)cc1)N1CCC2(CCOC2)C1. The number of rotatable bonds is 6. The molecular weight excluding hydrogens is 362 g/mol. The minimum absolute atomic E-state index is 0.354. The van der Waals surface area contributed by atoms with E-state index in [1.165, 1.54) is 24.0 Å². The van der Waals surface area contributed by atoms with Crippen LogP contribution in [0.5, 0.6) is 5.75 Å². The Balaban J connectivity index is 1.21. The molecule has 5 heteroatoms. The van der Waals surface area contributed by atoms with Crippen molar-refractivity contribution in [2.24, 2.45) is 10.4 Å². The second kappa shape index (κ2) is 9.31. The zero-order chi connectivity index (χ0) is 19.9. The monoisotopic (exact) mass is 393 g/mol. The van der Waals surface area contributed by atoms with Gasteiger partial charge in [-0.1, -0.05) is 42.5 Å². The normalized spacial score (nSPS) is 21.7. The van der Waals surface area contributed by atoms with E-state index in [-0.39, 0.29) is 0 Å². The van der Waals surface area contributed by atoms with Crippen LogP contribution in [0.25, 0.3) is 0 Å². The zero-order valence-corrected chi connectivity index (χ0v) is 17.3. The molecule has 1 spiro atoms. The van der Waals surface area contributed by atoms with Crippen molar-refractivity contribution < 1.29 is 9.47 Å². The molecular formula is C24H31N3O2. The molecule has 4 rings (SSSR count). The second-order valence-electron chi connectivity index (χ2n) is 8.12. The fourth-order valence-electron chi connectivity index (χ4n) is 4.23. The highest BCUT2D eigenvalue weighted by molar-refractivity contribution is 5.80. The van der Waals surface area contributed by atoms with E-state index in [0.717, 1.165) is 51.0 Å². The third kappa shape index (κ3) is 5.10. The fraction of sp³-hybridized carbons (Fsp3) is 0.458. The molecule has 2 aromatic carbocycles. The molecule has 2 heterocycles. The molecule has 0 radical (unpaired) electrons. The van der Waals surface area contributed by atoms with Crippen molar-refractivity contribution in [1.82, 2.24) is 10.2 Å². The summed E-state index contributed by atoms with van der Waals surface area (Å²) in [5, 5.41) is 3.53. The van der Waals surface area contributed by atoms with Crippen molar-refractivity contribution in [3.8, 4) is 5.75 Å². The Morgan fingerprint density at radius 3 is 2.66 bits per heavy atom. The molecule has 154 valence electrons. The summed E-state index contributed by atoms with van der Waals surface area (Å²) in [7, 11) is 1.87. The molecule has 1 N–H and O–H groups in total. The number of benzene rings is 2. The highest BCUT2D eigenvalue weighted by Crippen LogP contribution is 2.38. The molecule has 2 aliphatic heterocycles. The smallest absolute Gasteiger partial charge is 0.193 e. The lowest BCUT2D eigenvalue weighted by Gasteiger charge is -2.25. The lowest BCUT2D eigenvalue weighted by molar-refractivity contribution is 0.156. The van der Waals surface area contributed by atoms with Gasteiger partial charge in [-0.3, -0.25) is 4.99 Å². The molecule has 0 amide bonds. The number of guanidine groups is 1. The molecule has 2 fully saturated rings. The van der Waals surface area contributed by atoms with Crippen molar-refractivity contribution in [2.45, 2.75) is 25.9 Å². The highest BCUT2D eigenvalue weighted by atomic mass is 16.5. The first-order valence-electron chi connectivity index (χ1n) is 10.6. The first kappa shape index (κ1) is 19.8. The first-order chi connectivity index (χ1) is 14.3. The summed E-state index contributed by atoms with van der Waals surface area (Å²) in [5.74, 6) is 1.92. The summed E-state index contributed by atoms with van der Waals surface area (Å²) in [6.45, 7) is 5.40. The molecule has 1 atom stereocenters. The van der Waals surface area contributed by atoms with Gasteiger partial charge >= 0.3 is 0 Å². The lowest BCUT2D eigenvalue weighted by Crippen LogP contribution is -2.42. The number of nitrogens with zero attached hydrogens (tertiary/aromatic N) is 2. The van der Waals surface area contributed by atoms with Gasteiger partial charge in [0.2, 0.25) is 0 Å². The topological polar surface area (TPSA) is 46.1 Å². The van der Waals surface area contributed by atoms with Gasteiger partial charge in [-0.05, 0) is 42.5 Å². The minimum Gasteiger partial charge on any atom is -0.489 e. The van der Waals surface area contributed by atoms with E-state index < -0.39 is 0 Å². The number of nitrogens with one attached hydrogen (secondary N) is 1. The summed E-state index contributed by atoms with van der Waals surface area (Å²) in [6.07, 6.45) is 3.34. The van der Waals surface area contributed by atoms with Gasteiger partial charge < -0.3 is 19.7 Å². The van der Waals surface area contributed by atoms with Gasteiger partial charge in [-0.15, -0.1) is 0 Å². The van der Waals surface area contributed by atoms with Crippen LogP contribution in [0, 0.1) is 5.41 Å². The van der Waals surface area contributed by atoms with Crippen LogP contribution in [0.3, 0.4) is 0 Å². The van der Waals surface area contributed by atoms with Crippen molar-refractivity contribution in [3.63, 3.8) is 0 Å². The summed E-state index contributed by atoms with van der Waals surface area (Å²) in [6, 6.07) is 18.6. The third-order valence-electron chi connectivity index (χ3n) is 6.00. The predicted octanol–water partition coefficient (Wildman–Crippen LogP) is 3.50. The standard InChI is InChI=1S/C24H31N3O2/c1-25-23(27-15-12-24(18-27)13-16-28-19-24)26-14-11-20-7-9-22(10-8-20)29-17-21-5-3-2-4-6-21/h2-10H,11-19H2,1H3,(H,25,26). The predicted molar refractivity (Wildman–Crippen MR) is 116 cm³/mol. The van der Waals surface area contributed by atoms with Crippen LogP contribution in [0.2, 0.25) is 0 Å². The largest absolute Gasteiger partial charge is 0.489 e. The Morgan fingerprint density at radius 2 is 1.93 bits per heavy atom. The van der Waals surface area contributed by atoms with Gasteiger partial charge in [0.25, 0.3) is 0 Å². The van der Waals surface area contributed by atoms with Gasteiger partial charge in [0.15, 0.2) is 5.96 Å². The van der Waals surface area contributed by atoms with Gasteiger partial charge in [0.05, 0.1) is 6.61 Å². The van der Waals surface area contributed by atoms with E-state index in [0.29, 0.717) is 12.0 Å². The van der Waals surface area contributed by atoms with Gasteiger partial charge in [0.1, 0.15) is 12.4 Å². The van der Waals surface area contributed by atoms with E-state index in [1.54, 1.807) is 0 Å². The van der Waals surface area contributed by atoms with Gasteiger partial charge in [-0.25, -0.2) is 0 Å². The zero-order valence-electron chi connectivity index (χ0n) is 17.3. The van der Waals surface area contributed by atoms with Crippen LogP contribution >= 0.6 is 0 Å². The summed E-state index contributed by atoms with van der Waals surface area (Å²) < 4.78 is 11.5. The maximum atomic E-state index is 5.87. The molecule has 0 aromatic heterocycles. The van der Waals surface area contributed by atoms with E-state index in [1.807, 2.05) is 25.2 Å². The summed E-state index contributed by atoms with van der Waals surface area (Å²) in [5.41, 5.74) is 2.83. The average molecular weight is 394 g/mol. The van der Waals surface area contributed by atoms with E-state index in [9.17, 15) is 0 Å². The van der Waals surface area contributed by atoms with Crippen LogP contribution in [-0.2, 0) is 17.8 Å². The molecule has 0 bridgehead atoms. The third-order valence-corrected chi connectivity index (χ3v) is 6.00. The van der Waals surface area contributed by atoms with E-state index >= 15 is 0 Å². The number of ether oxygens (including phenoxy) is 2. The molecule has 0 aliphatic carbocycles. The molecule has 0 saturated carbocycles. The van der Waals surface area contributed by atoms with Crippen molar-refractivity contribution in [1.29, 1.82) is 0 Å². The number of aliphatic imine (C=N–C) groups is 1. The summed E-state index contributed by atoms with van der Waals surface area (Å²) in [4.78, 5) is 6.88. The van der Waals surface area contributed by atoms with Crippen LogP contribution < -0.4 is 10.1 Å². The van der Waals surface area contributed by atoms with Crippen LogP contribution in [0.15, 0.2) is 59.6 Å². The lowest BCUT2D eigenvalue weighted by atomic mass is 9.87. The van der Waals surface area contributed by atoms with E-state index in [2.05, 4.69) is 51.6 Å². The van der Waals surface area contributed by atoms with Crippen LogP contribution in [0.1, 0.15) is 24.0 Å². The molecule has 2 aromatic rings. The quantitative estimate of drug-likeness (QED) is 0.603. The Bertz CT molecular complexity index is 799. The van der Waals surface area contributed by atoms with Crippen molar-refractivity contribution >= 4 is 5.96 Å². The molecule has 5 nitrogen and oxygen atoms in total. The maximum absolute atomic E-state index is 5.87. The van der Waals surface area contributed by atoms with Crippen molar-refractivity contribution in [2.75, 3.05) is 39.9 Å². The maximum Gasteiger partial charge on any atom is 0.193 e. The van der Waals surface area contributed by atoms with Crippen LogP contribution in [0.4, 0.5) is 0 Å².